The topological polar surface area (TPSA) is 76.0 Å². The molecule has 0 bridgehead atoms. The first-order chi connectivity index (χ1) is 11.7. The minimum absolute atomic E-state index is 0.0543. The summed E-state index contributed by atoms with van der Waals surface area (Å²) in [5, 5.41) is 23.3. The fourth-order valence-electron chi connectivity index (χ4n) is 3.11. The second-order valence-corrected chi connectivity index (χ2v) is 6.00. The van der Waals surface area contributed by atoms with Crippen LogP contribution >= 0.6 is 0 Å². The number of likely N-dealkylation sites (tertiary alicyclic amines) is 1. The fourth-order valence-corrected chi connectivity index (χ4v) is 3.11. The molecule has 2 aromatic rings. The number of anilines is 1. The predicted octanol–water partition coefficient (Wildman–Crippen LogP) is 1.34. The third kappa shape index (κ3) is 3.51. The lowest BCUT2D eigenvalue weighted by Gasteiger charge is -2.45. The summed E-state index contributed by atoms with van der Waals surface area (Å²) >= 11 is 0. The van der Waals surface area contributed by atoms with Gasteiger partial charge in [0, 0.05) is 37.6 Å². The van der Waals surface area contributed by atoms with Crippen molar-refractivity contribution in [3.63, 3.8) is 0 Å². The van der Waals surface area contributed by atoms with Crippen LogP contribution in [0.15, 0.2) is 42.5 Å². The first-order valence-corrected chi connectivity index (χ1v) is 8.22. The highest BCUT2D eigenvalue weighted by molar-refractivity contribution is 6.01. The van der Waals surface area contributed by atoms with Crippen LogP contribution in [0.1, 0.15) is 0 Å². The molecule has 1 aliphatic heterocycles. The van der Waals surface area contributed by atoms with Gasteiger partial charge in [-0.2, -0.15) is 0 Å². The Morgan fingerprint density at radius 2 is 1.75 bits per heavy atom. The van der Waals surface area contributed by atoms with Gasteiger partial charge in [-0.25, -0.2) is 4.79 Å². The Labute approximate surface area is 141 Å². The Bertz CT molecular complexity index is 689. The standard InChI is InChI=1S/C18H23N3O3/c22-10-8-20(9-11-23)15-12-21(13-15)18(24)19-17-7-3-5-14-4-1-2-6-16(14)17/h1-7,15,22-23H,8-13H2,(H,19,24). The smallest absolute Gasteiger partial charge is 0.321 e. The van der Waals surface area contributed by atoms with E-state index in [1.807, 2.05) is 47.4 Å². The molecule has 6 heteroatoms. The van der Waals surface area contributed by atoms with Gasteiger partial charge in [-0.1, -0.05) is 36.4 Å². The van der Waals surface area contributed by atoms with E-state index in [1.54, 1.807) is 4.90 Å². The molecule has 0 aromatic heterocycles. The van der Waals surface area contributed by atoms with Crippen molar-refractivity contribution in [2.75, 3.05) is 44.7 Å². The van der Waals surface area contributed by atoms with Crippen LogP contribution in [0.2, 0.25) is 0 Å². The number of fused-ring (bicyclic) bond motifs is 1. The van der Waals surface area contributed by atoms with Crippen molar-refractivity contribution < 1.29 is 15.0 Å². The van der Waals surface area contributed by atoms with Gasteiger partial charge < -0.3 is 20.4 Å². The molecule has 0 atom stereocenters. The Hall–Kier alpha value is -2.15. The van der Waals surface area contributed by atoms with Gasteiger partial charge in [0.15, 0.2) is 0 Å². The summed E-state index contributed by atoms with van der Waals surface area (Å²) in [4.78, 5) is 16.2. The lowest BCUT2D eigenvalue weighted by molar-refractivity contribution is 0.0393. The molecule has 1 heterocycles. The maximum Gasteiger partial charge on any atom is 0.321 e. The summed E-state index contributed by atoms with van der Waals surface area (Å²) in [7, 11) is 0. The van der Waals surface area contributed by atoms with Crippen LogP contribution in [0, 0.1) is 0 Å². The minimum Gasteiger partial charge on any atom is -0.395 e. The molecular weight excluding hydrogens is 306 g/mol. The molecule has 1 fully saturated rings. The van der Waals surface area contributed by atoms with E-state index in [9.17, 15) is 4.79 Å². The second-order valence-electron chi connectivity index (χ2n) is 6.00. The number of nitrogens with zero attached hydrogens (tertiary/aromatic N) is 2. The van der Waals surface area contributed by atoms with Crippen LogP contribution in [-0.2, 0) is 0 Å². The van der Waals surface area contributed by atoms with Crippen molar-refractivity contribution in [2.45, 2.75) is 6.04 Å². The highest BCUT2D eigenvalue weighted by Gasteiger charge is 2.34. The highest BCUT2D eigenvalue weighted by Crippen LogP contribution is 2.24. The summed E-state index contributed by atoms with van der Waals surface area (Å²) in [5.74, 6) is 0. The number of aliphatic hydroxyl groups excluding tert-OH is 2. The molecule has 0 aliphatic carbocycles. The predicted molar refractivity (Wildman–Crippen MR) is 94.1 cm³/mol. The van der Waals surface area contributed by atoms with E-state index in [4.69, 9.17) is 10.2 Å². The minimum atomic E-state index is -0.115. The van der Waals surface area contributed by atoms with Gasteiger partial charge in [0.1, 0.15) is 0 Å². The molecule has 1 aliphatic rings. The number of carbonyl (C=O) groups is 1. The van der Waals surface area contributed by atoms with Crippen molar-refractivity contribution in [2.24, 2.45) is 0 Å². The van der Waals surface area contributed by atoms with E-state index in [0.717, 1.165) is 16.5 Å². The molecular formula is C18H23N3O3. The first kappa shape index (κ1) is 16.7. The largest absolute Gasteiger partial charge is 0.395 e. The number of hydrogen-bond donors (Lipinski definition) is 3. The number of hydrogen-bond acceptors (Lipinski definition) is 4. The van der Waals surface area contributed by atoms with Crippen LogP contribution < -0.4 is 5.32 Å². The summed E-state index contributed by atoms with van der Waals surface area (Å²) in [5.41, 5.74) is 0.809. The lowest BCUT2D eigenvalue weighted by Crippen LogP contribution is -2.62. The summed E-state index contributed by atoms with van der Waals surface area (Å²) in [6.45, 7) is 2.36. The van der Waals surface area contributed by atoms with E-state index < -0.39 is 0 Å². The van der Waals surface area contributed by atoms with Crippen LogP contribution in [0.3, 0.4) is 0 Å². The second kappa shape index (κ2) is 7.61. The zero-order valence-corrected chi connectivity index (χ0v) is 13.6. The molecule has 0 radical (unpaired) electrons. The number of amides is 2. The molecule has 0 unspecified atom stereocenters. The monoisotopic (exact) mass is 329 g/mol. The molecule has 3 N–H and O–H groups in total. The number of carbonyl (C=O) groups excluding carboxylic acids is 1. The van der Waals surface area contributed by atoms with Gasteiger partial charge in [0.25, 0.3) is 0 Å². The fraction of sp³-hybridized carbons (Fsp3) is 0.389. The van der Waals surface area contributed by atoms with Gasteiger partial charge in [0.05, 0.1) is 18.9 Å². The zero-order chi connectivity index (χ0) is 16.9. The molecule has 0 spiro atoms. The van der Waals surface area contributed by atoms with E-state index >= 15 is 0 Å². The number of aliphatic hydroxyl groups is 2. The average Bonchev–Trinajstić information content (AvgIpc) is 2.54. The molecule has 0 saturated carbocycles. The Balaban J connectivity index is 1.60. The van der Waals surface area contributed by atoms with Crippen molar-refractivity contribution in [3.8, 4) is 0 Å². The highest BCUT2D eigenvalue weighted by atomic mass is 16.3. The van der Waals surface area contributed by atoms with Gasteiger partial charge in [-0.15, -0.1) is 0 Å². The quantitative estimate of drug-likeness (QED) is 0.748. The first-order valence-electron chi connectivity index (χ1n) is 8.22. The lowest BCUT2D eigenvalue weighted by atomic mass is 10.1. The zero-order valence-electron chi connectivity index (χ0n) is 13.6. The summed E-state index contributed by atoms with van der Waals surface area (Å²) < 4.78 is 0. The number of benzene rings is 2. The Morgan fingerprint density at radius 3 is 2.46 bits per heavy atom. The van der Waals surface area contributed by atoms with Gasteiger partial charge in [-0.05, 0) is 11.5 Å². The van der Waals surface area contributed by atoms with E-state index in [0.29, 0.717) is 26.2 Å². The normalized spacial score (nSPS) is 14.9. The van der Waals surface area contributed by atoms with Gasteiger partial charge in [0.2, 0.25) is 0 Å². The van der Waals surface area contributed by atoms with Crippen LogP contribution in [0.25, 0.3) is 10.8 Å². The van der Waals surface area contributed by atoms with Crippen LogP contribution in [0.4, 0.5) is 10.5 Å². The molecule has 6 nitrogen and oxygen atoms in total. The van der Waals surface area contributed by atoms with Crippen molar-refractivity contribution >= 4 is 22.5 Å². The van der Waals surface area contributed by atoms with Crippen LogP contribution in [0.5, 0.6) is 0 Å². The van der Waals surface area contributed by atoms with E-state index in [-0.39, 0.29) is 25.3 Å². The van der Waals surface area contributed by atoms with Crippen molar-refractivity contribution in [3.05, 3.63) is 42.5 Å². The van der Waals surface area contributed by atoms with Crippen molar-refractivity contribution in [1.82, 2.24) is 9.80 Å². The molecule has 24 heavy (non-hydrogen) atoms. The molecule has 3 rings (SSSR count). The number of nitrogens with one attached hydrogen (secondary N) is 1. The van der Waals surface area contributed by atoms with Gasteiger partial charge in [-0.3, -0.25) is 4.90 Å². The SMILES string of the molecule is O=C(Nc1cccc2ccccc12)N1CC(N(CCO)CCO)C1. The Morgan fingerprint density at radius 1 is 1.08 bits per heavy atom. The molecule has 1 saturated heterocycles. The van der Waals surface area contributed by atoms with Gasteiger partial charge >= 0.3 is 6.03 Å². The summed E-state index contributed by atoms with van der Waals surface area (Å²) in [6.07, 6.45) is 0. The Kier molecular flexibility index (Phi) is 5.30. The molecule has 2 amide bonds. The van der Waals surface area contributed by atoms with E-state index in [2.05, 4.69) is 5.32 Å². The van der Waals surface area contributed by atoms with E-state index in [1.165, 1.54) is 0 Å². The molecule has 2 aromatic carbocycles. The average molecular weight is 329 g/mol. The van der Waals surface area contributed by atoms with Crippen LogP contribution in [-0.4, -0.2) is 71.5 Å². The number of rotatable bonds is 6. The molecule has 128 valence electrons. The number of urea groups is 1. The summed E-state index contributed by atoms with van der Waals surface area (Å²) in [6, 6.07) is 13.9. The third-order valence-electron chi connectivity index (χ3n) is 4.47. The maximum atomic E-state index is 12.4. The third-order valence-corrected chi connectivity index (χ3v) is 4.47. The maximum absolute atomic E-state index is 12.4. The van der Waals surface area contributed by atoms with Crippen molar-refractivity contribution in [1.29, 1.82) is 0 Å².